The molecule has 150 valence electrons. The van der Waals surface area contributed by atoms with Crippen molar-refractivity contribution < 1.29 is 14.1 Å². The Labute approximate surface area is 170 Å². The first-order valence-corrected chi connectivity index (χ1v) is 9.96. The third kappa shape index (κ3) is 4.31. The average molecular weight is 391 g/mol. The van der Waals surface area contributed by atoms with Crippen LogP contribution in [0.1, 0.15) is 34.7 Å². The smallest absolute Gasteiger partial charge is 0.253 e. The second-order valence-corrected chi connectivity index (χ2v) is 7.52. The fourth-order valence-electron chi connectivity index (χ4n) is 3.87. The first kappa shape index (κ1) is 19.2. The van der Waals surface area contributed by atoms with Crippen LogP contribution >= 0.6 is 0 Å². The molecule has 1 aliphatic heterocycles. The molecule has 6 nitrogen and oxygen atoms in total. The van der Waals surface area contributed by atoms with E-state index in [1.165, 1.54) is 0 Å². The minimum absolute atomic E-state index is 0.0414. The second-order valence-electron chi connectivity index (χ2n) is 7.52. The van der Waals surface area contributed by atoms with Crippen LogP contribution in [0.5, 0.6) is 5.75 Å². The predicted molar refractivity (Wildman–Crippen MR) is 110 cm³/mol. The van der Waals surface area contributed by atoms with E-state index in [4.69, 9.17) is 9.26 Å². The quantitative estimate of drug-likeness (QED) is 0.654. The van der Waals surface area contributed by atoms with Gasteiger partial charge in [-0.2, -0.15) is 4.98 Å². The normalized spacial score (nSPS) is 16.6. The van der Waals surface area contributed by atoms with Crippen LogP contribution in [0, 0.1) is 12.8 Å². The van der Waals surface area contributed by atoms with Crippen LogP contribution in [0.25, 0.3) is 11.4 Å². The maximum atomic E-state index is 12.9. The number of benzene rings is 2. The van der Waals surface area contributed by atoms with Crippen molar-refractivity contribution in [2.45, 2.75) is 26.2 Å². The van der Waals surface area contributed by atoms with Crippen LogP contribution in [0.2, 0.25) is 0 Å². The zero-order valence-electron chi connectivity index (χ0n) is 16.8. The van der Waals surface area contributed by atoms with Gasteiger partial charge in [-0.05, 0) is 49.4 Å². The summed E-state index contributed by atoms with van der Waals surface area (Å²) in [5.74, 6) is 2.30. The van der Waals surface area contributed by atoms with Crippen LogP contribution < -0.4 is 4.74 Å². The van der Waals surface area contributed by atoms with E-state index in [1.54, 1.807) is 13.2 Å². The molecule has 0 N–H and O–H groups in total. The fourth-order valence-corrected chi connectivity index (χ4v) is 3.87. The molecule has 0 bridgehead atoms. The Kier molecular flexibility index (Phi) is 5.60. The number of rotatable bonds is 5. The molecule has 0 unspecified atom stereocenters. The molecule has 1 saturated heterocycles. The summed E-state index contributed by atoms with van der Waals surface area (Å²) in [5, 5.41) is 4.15. The van der Waals surface area contributed by atoms with Gasteiger partial charge in [0.1, 0.15) is 5.75 Å². The molecular weight excluding hydrogens is 366 g/mol. The highest BCUT2D eigenvalue weighted by Gasteiger charge is 2.26. The monoisotopic (exact) mass is 391 g/mol. The van der Waals surface area contributed by atoms with E-state index < -0.39 is 0 Å². The Bertz CT molecular complexity index is 998. The SMILES string of the molecule is COc1cccc(C(=O)N2CCC[C@H](Cc3nc(-c4ccccc4C)no3)C2)c1. The van der Waals surface area contributed by atoms with Gasteiger partial charge in [-0.25, -0.2) is 0 Å². The number of methoxy groups -OCH3 is 1. The molecule has 0 spiro atoms. The number of aromatic nitrogens is 2. The molecule has 0 radical (unpaired) electrons. The third-order valence-electron chi connectivity index (χ3n) is 5.44. The van der Waals surface area contributed by atoms with E-state index in [-0.39, 0.29) is 5.91 Å². The number of hydrogen-bond acceptors (Lipinski definition) is 5. The number of likely N-dealkylation sites (tertiary alicyclic amines) is 1. The highest BCUT2D eigenvalue weighted by Crippen LogP contribution is 2.25. The predicted octanol–water partition coefficient (Wildman–Crippen LogP) is 4.15. The fraction of sp³-hybridized carbons (Fsp3) is 0.348. The summed E-state index contributed by atoms with van der Waals surface area (Å²) >= 11 is 0. The Balaban J connectivity index is 1.43. The molecule has 2 aromatic carbocycles. The lowest BCUT2D eigenvalue weighted by molar-refractivity contribution is 0.0668. The summed E-state index contributed by atoms with van der Waals surface area (Å²) in [6, 6.07) is 15.3. The number of carbonyl (C=O) groups excluding carboxylic acids is 1. The molecule has 1 atom stereocenters. The third-order valence-corrected chi connectivity index (χ3v) is 5.44. The van der Waals surface area contributed by atoms with Gasteiger partial charge in [0.2, 0.25) is 11.7 Å². The van der Waals surface area contributed by atoms with Gasteiger partial charge in [0, 0.05) is 30.6 Å². The van der Waals surface area contributed by atoms with Gasteiger partial charge in [0.15, 0.2) is 0 Å². The van der Waals surface area contributed by atoms with Crippen molar-refractivity contribution in [2.75, 3.05) is 20.2 Å². The van der Waals surface area contributed by atoms with E-state index in [0.29, 0.717) is 41.9 Å². The van der Waals surface area contributed by atoms with Crippen molar-refractivity contribution in [3.63, 3.8) is 0 Å². The number of hydrogen-bond donors (Lipinski definition) is 0. The average Bonchev–Trinajstić information content (AvgIpc) is 3.22. The van der Waals surface area contributed by atoms with Gasteiger partial charge in [-0.3, -0.25) is 4.79 Å². The highest BCUT2D eigenvalue weighted by atomic mass is 16.5. The van der Waals surface area contributed by atoms with Crippen molar-refractivity contribution in [1.82, 2.24) is 15.0 Å². The Morgan fingerprint density at radius 2 is 2.10 bits per heavy atom. The summed E-state index contributed by atoms with van der Waals surface area (Å²) in [5.41, 5.74) is 2.76. The summed E-state index contributed by atoms with van der Waals surface area (Å²) in [6.07, 6.45) is 2.70. The maximum absolute atomic E-state index is 12.9. The van der Waals surface area contributed by atoms with Crippen LogP contribution in [0.3, 0.4) is 0 Å². The molecule has 29 heavy (non-hydrogen) atoms. The zero-order valence-corrected chi connectivity index (χ0v) is 16.8. The standard InChI is InChI=1S/C23H25N3O3/c1-16-7-3-4-11-20(16)22-24-21(29-25-22)13-17-8-6-12-26(15-17)23(27)18-9-5-10-19(14-18)28-2/h3-5,7,9-11,14,17H,6,8,12-13,15H2,1-2H3/t17-/m1/s1. The Hall–Kier alpha value is -3.15. The number of aryl methyl sites for hydroxylation is 1. The molecule has 1 amide bonds. The lowest BCUT2D eigenvalue weighted by Gasteiger charge is -2.32. The van der Waals surface area contributed by atoms with E-state index in [1.807, 2.05) is 54.3 Å². The minimum Gasteiger partial charge on any atom is -0.497 e. The topological polar surface area (TPSA) is 68.5 Å². The van der Waals surface area contributed by atoms with Crippen LogP contribution in [-0.4, -0.2) is 41.1 Å². The van der Waals surface area contributed by atoms with E-state index in [2.05, 4.69) is 10.1 Å². The molecular formula is C23H25N3O3. The molecule has 1 aromatic heterocycles. The molecule has 2 heterocycles. The molecule has 1 aliphatic rings. The van der Waals surface area contributed by atoms with Crippen molar-refractivity contribution in [2.24, 2.45) is 5.92 Å². The Morgan fingerprint density at radius 1 is 1.24 bits per heavy atom. The lowest BCUT2D eigenvalue weighted by atomic mass is 9.94. The van der Waals surface area contributed by atoms with Crippen LogP contribution in [0.15, 0.2) is 53.1 Å². The number of ether oxygens (including phenoxy) is 1. The van der Waals surface area contributed by atoms with E-state index >= 15 is 0 Å². The maximum Gasteiger partial charge on any atom is 0.253 e. The summed E-state index contributed by atoms with van der Waals surface area (Å²) in [7, 11) is 1.61. The Morgan fingerprint density at radius 3 is 2.93 bits per heavy atom. The number of nitrogens with zero attached hydrogens (tertiary/aromatic N) is 3. The van der Waals surface area contributed by atoms with Crippen LogP contribution in [0.4, 0.5) is 0 Å². The summed E-state index contributed by atoms with van der Waals surface area (Å²) in [4.78, 5) is 19.4. The zero-order chi connectivity index (χ0) is 20.2. The first-order valence-electron chi connectivity index (χ1n) is 9.96. The van der Waals surface area contributed by atoms with Crippen molar-refractivity contribution in [1.29, 1.82) is 0 Å². The van der Waals surface area contributed by atoms with Gasteiger partial charge in [-0.1, -0.05) is 35.5 Å². The molecule has 6 heteroatoms. The van der Waals surface area contributed by atoms with Crippen molar-refractivity contribution in [3.8, 4) is 17.1 Å². The van der Waals surface area contributed by atoms with Gasteiger partial charge < -0.3 is 14.2 Å². The van der Waals surface area contributed by atoms with Crippen molar-refractivity contribution >= 4 is 5.91 Å². The first-order chi connectivity index (χ1) is 14.1. The number of carbonyl (C=O) groups is 1. The number of amides is 1. The van der Waals surface area contributed by atoms with Crippen LogP contribution in [-0.2, 0) is 6.42 Å². The summed E-state index contributed by atoms with van der Waals surface area (Å²) < 4.78 is 10.7. The van der Waals surface area contributed by atoms with Gasteiger partial charge in [0.05, 0.1) is 7.11 Å². The van der Waals surface area contributed by atoms with Gasteiger partial charge >= 0.3 is 0 Å². The number of piperidine rings is 1. The van der Waals surface area contributed by atoms with E-state index in [9.17, 15) is 4.79 Å². The molecule has 3 aromatic rings. The van der Waals surface area contributed by atoms with Crippen molar-refractivity contribution in [3.05, 3.63) is 65.5 Å². The van der Waals surface area contributed by atoms with Gasteiger partial charge in [-0.15, -0.1) is 0 Å². The lowest BCUT2D eigenvalue weighted by Crippen LogP contribution is -2.40. The summed E-state index contributed by atoms with van der Waals surface area (Å²) in [6.45, 7) is 3.50. The molecule has 4 rings (SSSR count). The second kappa shape index (κ2) is 8.47. The molecule has 0 saturated carbocycles. The molecule has 1 fully saturated rings. The van der Waals surface area contributed by atoms with E-state index in [0.717, 1.165) is 30.5 Å². The van der Waals surface area contributed by atoms with Gasteiger partial charge in [0.25, 0.3) is 5.91 Å². The largest absolute Gasteiger partial charge is 0.497 e. The highest BCUT2D eigenvalue weighted by molar-refractivity contribution is 5.94. The minimum atomic E-state index is 0.0414. The molecule has 0 aliphatic carbocycles.